The molecule has 120 valence electrons. The first-order chi connectivity index (χ1) is 10.7. The van der Waals surface area contributed by atoms with Crippen LogP contribution >= 0.6 is 0 Å². The minimum atomic E-state index is 0.0585. The summed E-state index contributed by atoms with van der Waals surface area (Å²) in [5.74, 6) is 0.414. The Labute approximate surface area is 132 Å². The second kappa shape index (κ2) is 7.11. The molecule has 5 nitrogen and oxygen atoms in total. The largest absolute Gasteiger partial charge is 0.379 e. The average molecular weight is 303 g/mol. The number of hydrogen-bond acceptors (Lipinski definition) is 3. The Hall–Kier alpha value is -1.59. The molecule has 2 fully saturated rings. The molecule has 0 aromatic heterocycles. The highest BCUT2D eigenvalue weighted by Gasteiger charge is 2.33. The number of ether oxygens (including phenoxy) is 1. The smallest absolute Gasteiger partial charge is 0.317 e. The molecule has 0 spiro atoms. The van der Waals surface area contributed by atoms with E-state index < -0.39 is 0 Å². The molecule has 0 unspecified atom stereocenters. The van der Waals surface area contributed by atoms with Crippen LogP contribution in [0.5, 0.6) is 0 Å². The summed E-state index contributed by atoms with van der Waals surface area (Å²) in [6, 6.07) is 10.6. The predicted molar refractivity (Wildman–Crippen MR) is 85.8 cm³/mol. The Bertz CT molecular complexity index is 494. The van der Waals surface area contributed by atoms with Gasteiger partial charge in [-0.3, -0.25) is 4.90 Å². The van der Waals surface area contributed by atoms with Crippen LogP contribution in [0.4, 0.5) is 4.79 Å². The molecule has 0 radical (unpaired) electrons. The number of likely N-dealkylation sites (N-methyl/N-ethyl adjacent to an activating group) is 1. The fourth-order valence-electron chi connectivity index (χ4n) is 3.29. The molecule has 1 N–H and O–H groups in total. The third-order valence-electron chi connectivity index (χ3n) is 4.56. The normalized spacial score (nSPS) is 25.6. The Morgan fingerprint density at radius 2 is 2.05 bits per heavy atom. The summed E-state index contributed by atoms with van der Waals surface area (Å²) in [6.45, 7) is 4.72. The van der Waals surface area contributed by atoms with Crippen molar-refractivity contribution >= 4 is 6.03 Å². The van der Waals surface area contributed by atoms with E-state index in [2.05, 4.69) is 29.4 Å². The first-order valence-corrected chi connectivity index (χ1v) is 8.07. The molecule has 1 aromatic carbocycles. The van der Waals surface area contributed by atoms with Crippen molar-refractivity contribution in [2.75, 3.05) is 46.4 Å². The van der Waals surface area contributed by atoms with E-state index in [-0.39, 0.29) is 6.03 Å². The van der Waals surface area contributed by atoms with Crippen molar-refractivity contribution in [3.8, 4) is 0 Å². The first kappa shape index (κ1) is 15.3. The van der Waals surface area contributed by atoms with E-state index in [0.29, 0.717) is 18.5 Å². The number of urea groups is 1. The molecule has 2 amide bonds. The Balaban J connectivity index is 1.51. The Kier molecular flexibility index (Phi) is 4.95. The van der Waals surface area contributed by atoms with Crippen LogP contribution in [-0.4, -0.2) is 68.3 Å². The van der Waals surface area contributed by atoms with E-state index in [1.807, 2.05) is 23.1 Å². The standard InChI is InChI=1S/C17H25N3O2/c1-19-9-15-10-20(11-16(19)13-22-12-15)17(21)18-8-7-14-5-3-2-4-6-14/h2-6,15-16H,7-13H2,1H3,(H,18,21)/t15-,16+/m1/s1. The van der Waals surface area contributed by atoms with Crippen LogP contribution < -0.4 is 5.32 Å². The van der Waals surface area contributed by atoms with Gasteiger partial charge in [-0.15, -0.1) is 0 Å². The lowest BCUT2D eigenvalue weighted by Gasteiger charge is -2.29. The van der Waals surface area contributed by atoms with Gasteiger partial charge in [0.2, 0.25) is 0 Å². The van der Waals surface area contributed by atoms with Crippen LogP contribution in [0.25, 0.3) is 0 Å². The maximum atomic E-state index is 12.4. The van der Waals surface area contributed by atoms with Gasteiger partial charge in [0.05, 0.1) is 19.3 Å². The van der Waals surface area contributed by atoms with Gasteiger partial charge >= 0.3 is 6.03 Å². The van der Waals surface area contributed by atoms with Crippen LogP contribution in [-0.2, 0) is 11.2 Å². The van der Waals surface area contributed by atoms with Crippen LogP contribution in [0, 0.1) is 5.92 Å². The molecule has 0 aliphatic carbocycles. The first-order valence-electron chi connectivity index (χ1n) is 8.07. The van der Waals surface area contributed by atoms with Gasteiger partial charge in [0.1, 0.15) is 0 Å². The number of carbonyl (C=O) groups excluding carboxylic acids is 1. The van der Waals surface area contributed by atoms with Gasteiger partial charge in [0.15, 0.2) is 0 Å². The van der Waals surface area contributed by atoms with Gasteiger partial charge in [0.25, 0.3) is 0 Å². The Morgan fingerprint density at radius 1 is 1.23 bits per heavy atom. The van der Waals surface area contributed by atoms with E-state index in [1.165, 1.54) is 5.56 Å². The summed E-state index contributed by atoms with van der Waals surface area (Å²) in [5.41, 5.74) is 1.25. The van der Waals surface area contributed by atoms with Gasteiger partial charge in [0, 0.05) is 32.1 Å². The van der Waals surface area contributed by atoms with E-state index in [4.69, 9.17) is 4.74 Å². The maximum Gasteiger partial charge on any atom is 0.317 e. The van der Waals surface area contributed by atoms with Gasteiger partial charge in [-0.1, -0.05) is 30.3 Å². The zero-order valence-corrected chi connectivity index (χ0v) is 13.2. The fraction of sp³-hybridized carbons (Fsp3) is 0.588. The number of nitrogens with one attached hydrogen (secondary N) is 1. The lowest BCUT2D eigenvalue weighted by molar-refractivity contribution is 0.0625. The number of amides is 2. The summed E-state index contributed by atoms with van der Waals surface area (Å²) < 4.78 is 5.70. The zero-order chi connectivity index (χ0) is 15.4. The summed E-state index contributed by atoms with van der Waals surface area (Å²) in [5, 5.41) is 3.06. The number of hydrogen-bond donors (Lipinski definition) is 1. The number of nitrogens with zero attached hydrogens (tertiary/aromatic N) is 2. The van der Waals surface area contributed by atoms with Crippen molar-refractivity contribution in [2.24, 2.45) is 5.92 Å². The molecule has 5 heteroatoms. The minimum absolute atomic E-state index is 0.0585. The highest BCUT2D eigenvalue weighted by molar-refractivity contribution is 5.74. The quantitative estimate of drug-likeness (QED) is 0.912. The molecule has 22 heavy (non-hydrogen) atoms. The number of fused-ring (bicyclic) bond motifs is 3. The Morgan fingerprint density at radius 3 is 2.86 bits per heavy atom. The third kappa shape index (κ3) is 3.78. The van der Waals surface area contributed by atoms with Gasteiger partial charge < -0.3 is 15.0 Å². The fourth-order valence-corrected chi connectivity index (χ4v) is 3.29. The average Bonchev–Trinajstić information content (AvgIpc) is 2.76. The minimum Gasteiger partial charge on any atom is -0.379 e. The van der Waals surface area contributed by atoms with Gasteiger partial charge in [-0.05, 0) is 19.0 Å². The SMILES string of the molecule is CN1C[C@H]2COC[C@@H]1CN(C(=O)NCCc1ccccc1)C2. The lowest BCUT2D eigenvalue weighted by Crippen LogP contribution is -2.48. The van der Waals surface area contributed by atoms with Crippen LogP contribution in [0.15, 0.2) is 30.3 Å². The molecule has 2 atom stereocenters. The van der Waals surface area contributed by atoms with Crippen LogP contribution in [0.2, 0.25) is 0 Å². The van der Waals surface area contributed by atoms with Crippen molar-refractivity contribution in [1.29, 1.82) is 0 Å². The zero-order valence-electron chi connectivity index (χ0n) is 13.2. The van der Waals surface area contributed by atoms with Crippen molar-refractivity contribution in [2.45, 2.75) is 12.5 Å². The molecule has 3 rings (SSSR count). The molecule has 2 aliphatic rings. The number of rotatable bonds is 3. The van der Waals surface area contributed by atoms with Crippen molar-refractivity contribution in [3.05, 3.63) is 35.9 Å². The number of carbonyl (C=O) groups is 1. The molecule has 1 aromatic rings. The topological polar surface area (TPSA) is 44.8 Å². The maximum absolute atomic E-state index is 12.4. The highest BCUT2D eigenvalue weighted by Crippen LogP contribution is 2.18. The van der Waals surface area contributed by atoms with E-state index in [0.717, 1.165) is 39.3 Å². The summed E-state index contributed by atoms with van der Waals surface area (Å²) in [6.07, 6.45) is 0.871. The van der Waals surface area contributed by atoms with E-state index in [1.54, 1.807) is 0 Å². The molecule has 2 saturated heterocycles. The monoisotopic (exact) mass is 303 g/mol. The highest BCUT2D eigenvalue weighted by atomic mass is 16.5. The van der Waals surface area contributed by atoms with E-state index >= 15 is 0 Å². The second-order valence-electron chi connectivity index (χ2n) is 6.37. The summed E-state index contributed by atoms with van der Waals surface area (Å²) >= 11 is 0. The second-order valence-corrected chi connectivity index (χ2v) is 6.37. The van der Waals surface area contributed by atoms with Crippen molar-refractivity contribution in [3.63, 3.8) is 0 Å². The van der Waals surface area contributed by atoms with Crippen molar-refractivity contribution in [1.82, 2.24) is 15.1 Å². The number of benzene rings is 1. The molecule has 2 heterocycles. The molecular weight excluding hydrogens is 278 g/mol. The molecule has 2 bridgehead atoms. The summed E-state index contributed by atoms with van der Waals surface area (Å²) in [7, 11) is 2.13. The van der Waals surface area contributed by atoms with Gasteiger partial charge in [-0.25, -0.2) is 4.79 Å². The lowest BCUT2D eigenvalue weighted by atomic mass is 10.1. The van der Waals surface area contributed by atoms with Gasteiger partial charge in [-0.2, -0.15) is 0 Å². The predicted octanol–water partition coefficient (Wildman–Crippen LogP) is 1.20. The van der Waals surface area contributed by atoms with Crippen LogP contribution in [0.3, 0.4) is 0 Å². The summed E-state index contributed by atoms with van der Waals surface area (Å²) in [4.78, 5) is 16.7. The van der Waals surface area contributed by atoms with E-state index in [9.17, 15) is 4.79 Å². The molecular formula is C17H25N3O2. The van der Waals surface area contributed by atoms with Crippen LogP contribution in [0.1, 0.15) is 5.56 Å². The molecule has 0 saturated carbocycles. The third-order valence-corrected chi connectivity index (χ3v) is 4.56. The molecule has 2 aliphatic heterocycles. The van der Waals surface area contributed by atoms with Crippen molar-refractivity contribution < 1.29 is 9.53 Å².